The van der Waals surface area contributed by atoms with Gasteiger partial charge in [-0.1, -0.05) is 41.9 Å². The fourth-order valence-corrected chi connectivity index (χ4v) is 3.26. The fraction of sp³-hybridized carbons (Fsp3) is 0.474. The van der Waals surface area contributed by atoms with Gasteiger partial charge in [0.25, 0.3) is 0 Å². The standard InChI is InChI=1S/C19H26N4O2/c1-15-11-17(22-25-15)12-20-19(24)21-13-18-9-5-6-10-23(18)14-16-7-3-2-4-8-16/h2-4,7-8,11,18H,5-6,9-10,12-14H2,1H3,(H2,20,21,24). The van der Waals surface area contributed by atoms with E-state index >= 15 is 0 Å². The molecule has 1 unspecified atom stereocenters. The van der Waals surface area contributed by atoms with Gasteiger partial charge in [-0.3, -0.25) is 4.90 Å². The number of urea groups is 1. The molecule has 0 radical (unpaired) electrons. The lowest BCUT2D eigenvalue weighted by Gasteiger charge is -2.35. The monoisotopic (exact) mass is 342 g/mol. The first kappa shape index (κ1) is 17.5. The van der Waals surface area contributed by atoms with Crippen molar-refractivity contribution in [3.8, 4) is 0 Å². The molecule has 1 saturated heterocycles. The summed E-state index contributed by atoms with van der Waals surface area (Å²) in [6.07, 6.45) is 3.56. The molecule has 0 spiro atoms. The van der Waals surface area contributed by atoms with Crippen LogP contribution in [0.15, 0.2) is 40.9 Å². The molecule has 2 aromatic rings. The maximum atomic E-state index is 12.0. The van der Waals surface area contributed by atoms with Crippen LogP contribution in [0.5, 0.6) is 0 Å². The van der Waals surface area contributed by atoms with Gasteiger partial charge in [-0.15, -0.1) is 0 Å². The van der Waals surface area contributed by atoms with Crippen molar-refractivity contribution in [1.29, 1.82) is 0 Å². The minimum absolute atomic E-state index is 0.161. The summed E-state index contributed by atoms with van der Waals surface area (Å²) in [5.74, 6) is 0.746. The summed E-state index contributed by atoms with van der Waals surface area (Å²) in [5, 5.41) is 9.69. The normalized spacial score (nSPS) is 18.0. The Morgan fingerprint density at radius 2 is 2.12 bits per heavy atom. The van der Waals surface area contributed by atoms with Gasteiger partial charge in [-0.2, -0.15) is 0 Å². The number of hydrogen-bond acceptors (Lipinski definition) is 4. The average molecular weight is 342 g/mol. The molecule has 0 bridgehead atoms. The Morgan fingerprint density at radius 1 is 1.28 bits per heavy atom. The van der Waals surface area contributed by atoms with Gasteiger partial charge in [-0.05, 0) is 31.9 Å². The SMILES string of the molecule is Cc1cc(CNC(=O)NCC2CCCCN2Cc2ccccc2)no1. The van der Waals surface area contributed by atoms with Crippen LogP contribution in [-0.2, 0) is 13.1 Å². The highest BCUT2D eigenvalue weighted by Crippen LogP contribution is 2.19. The predicted octanol–water partition coefficient (Wildman–Crippen LogP) is 2.84. The molecule has 0 saturated carbocycles. The number of benzene rings is 1. The van der Waals surface area contributed by atoms with Crippen LogP contribution in [0.1, 0.15) is 36.3 Å². The molecular formula is C19H26N4O2. The highest BCUT2D eigenvalue weighted by Gasteiger charge is 2.22. The summed E-state index contributed by atoms with van der Waals surface area (Å²) in [4.78, 5) is 14.5. The highest BCUT2D eigenvalue weighted by molar-refractivity contribution is 5.73. The summed E-state index contributed by atoms with van der Waals surface area (Å²) >= 11 is 0. The molecular weight excluding hydrogens is 316 g/mol. The molecule has 6 nitrogen and oxygen atoms in total. The van der Waals surface area contributed by atoms with Gasteiger partial charge in [0.1, 0.15) is 11.5 Å². The van der Waals surface area contributed by atoms with Gasteiger partial charge >= 0.3 is 6.03 Å². The van der Waals surface area contributed by atoms with Crippen molar-refractivity contribution in [3.05, 3.63) is 53.4 Å². The van der Waals surface area contributed by atoms with Gasteiger partial charge in [0.05, 0.1) is 6.54 Å². The summed E-state index contributed by atoms with van der Waals surface area (Å²) in [6, 6.07) is 12.6. The number of nitrogens with zero attached hydrogens (tertiary/aromatic N) is 2. The molecule has 1 aromatic heterocycles. The van der Waals surface area contributed by atoms with E-state index in [1.54, 1.807) is 0 Å². The highest BCUT2D eigenvalue weighted by atomic mass is 16.5. The van der Waals surface area contributed by atoms with E-state index in [2.05, 4.69) is 45.0 Å². The minimum atomic E-state index is -0.161. The van der Waals surface area contributed by atoms with Crippen molar-refractivity contribution in [2.24, 2.45) is 0 Å². The van der Waals surface area contributed by atoms with E-state index in [0.29, 0.717) is 19.1 Å². The van der Waals surface area contributed by atoms with Crippen molar-refractivity contribution in [2.45, 2.75) is 45.3 Å². The molecule has 2 heterocycles. The number of hydrogen-bond donors (Lipinski definition) is 2. The van der Waals surface area contributed by atoms with E-state index in [1.807, 2.05) is 19.1 Å². The van der Waals surface area contributed by atoms with Gasteiger partial charge in [-0.25, -0.2) is 4.79 Å². The lowest BCUT2D eigenvalue weighted by Crippen LogP contribution is -2.48. The number of nitrogens with one attached hydrogen (secondary N) is 2. The Kier molecular flexibility index (Phi) is 6.06. The van der Waals surface area contributed by atoms with Gasteiger partial charge in [0.2, 0.25) is 0 Å². The first-order valence-corrected chi connectivity index (χ1v) is 8.92. The van der Waals surface area contributed by atoms with Crippen LogP contribution < -0.4 is 10.6 Å². The molecule has 1 aliphatic rings. The minimum Gasteiger partial charge on any atom is -0.361 e. The second kappa shape index (κ2) is 8.67. The van der Waals surface area contributed by atoms with E-state index in [-0.39, 0.29) is 6.03 Å². The first-order valence-electron chi connectivity index (χ1n) is 8.92. The van der Waals surface area contributed by atoms with Crippen molar-refractivity contribution >= 4 is 6.03 Å². The average Bonchev–Trinajstić information content (AvgIpc) is 3.05. The number of carbonyl (C=O) groups is 1. The quantitative estimate of drug-likeness (QED) is 0.847. The second-order valence-corrected chi connectivity index (χ2v) is 6.60. The molecule has 2 amide bonds. The Labute approximate surface area is 148 Å². The molecule has 0 aliphatic carbocycles. The molecule has 25 heavy (non-hydrogen) atoms. The maximum absolute atomic E-state index is 12.0. The van der Waals surface area contributed by atoms with Gasteiger partial charge in [0, 0.05) is 25.2 Å². The number of carbonyl (C=O) groups excluding carboxylic acids is 1. The van der Waals surface area contributed by atoms with Crippen molar-refractivity contribution in [2.75, 3.05) is 13.1 Å². The maximum Gasteiger partial charge on any atom is 0.315 e. The molecule has 134 valence electrons. The molecule has 3 rings (SSSR count). The first-order chi connectivity index (χ1) is 12.2. The van der Waals surface area contributed by atoms with Crippen LogP contribution in [0, 0.1) is 6.92 Å². The number of piperidine rings is 1. The molecule has 1 atom stereocenters. The van der Waals surface area contributed by atoms with Crippen LogP contribution in [-0.4, -0.2) is 35.2 Å². The van der Waals surface area contributed by atoms with Crippen molar-refractivity contribution in [3.63, 3.8) is 0 Å². The van der Waals surface area contributed by atoms with Crippen LogP contribution in [0.3, 0.4) is 0 Å². The fourth-order valence-electron chi connectivity index (χ4n) is 3.26. The molecule has 1 aromatic carbocycles. The number of aryl methyl sites for hydroxylation is 1. The van der Waals surface area contributed by atoms with E-state index in [0.717, 1.165) is 31.0 Å². The third-order valence-electron chi connectivity index (χ3n) is 4.58. The van der Waals surface area contributed by atoms with Gasteiger partial charge < -0.3 is 15.2 Å². The largest absolute Gasteiger partial charge is 0.361 e. The molecule has 6 heteroatoms. The summed E-state index contributed by atoms with van der Waals surface area (Å²) in [5.41, 5.74) is 2.05. The zero-order chi connectivity index (χ0) is 17.5. The van der Waals surface area contributed by atoms with Crippen LogP contribution in [0.2, 0.25) is 0 Å². The molecule has 2 N–H and O–H groups in total. The summed E-state index contributed by atoms with van der Waals surface area (Å²) < 4.78 is 4.99. The van der Waals surface area contributed by atoms with Crippen molar-refractivity contribution < 1.29 is 9.32 Å². The predicted molar refractivity (Wildman–Crippen MR) is 96.0 cm³/mol. The van der Waals surface area contributed by atoms with Crippen LogP contribution in [0.25, 0.3) is 0 Å². The lowest BCUT2D eigenvalue weighted by atomic mass is 10.0. The smallest absolute Gasteiger partial charge is 0.315 e. The van der Waals surface area contributed by atoms with E-state index in [1.165, 1.54) is 18.4 Å². The third kappa shape index (κ3) is 5.32. The number of aromatic nitrogens is 1. The van der Waals surface area contributed by atoms with Crippen LogP contribution >= 0.6 is 0 Å². The molecule has 1 aliphatic heterocycles. The van der Waals surface area contributed by atoms with Crippen LogP contribution in [0.4, 0.5) is 4.79 Å². The summed E-state index contributed by atoms with van der Waals surface area (Å²) in [7, 11) is 0. The number of rotatable bonds is 6. The number of amides is 2. The third-order valence-corrected chi connectivity index (χ3v) is 4.58. The second-order valence-electron chi connectivity index (χ2n) is 6.60. The zero-order valence-electron chi connectivity index (χ0n) is 14.7. The van der Waals surface area contributed by atoms with E-state index in [4.69, 9.17) is 4.52 Å². The zero-order valence-corrected chi connectivity index (χ0v) is 14.7. The molecule has 1 fully saturated rings. The Morgan fingerprint density at radius 3 is 2.88 bits per heavy atom. The lowest BCUT2D eigenvalue weighted by molar-refractivity contribution is 0.138. The van der Waals surface area contributed by atoms with Crippen molar-refractivity contribution in [1.82, 2.24) is 20.7 Å². The topological polar surface area (TPSA) is 70.4 Å². The van der Waals surface area contributed by atoms with E-state index < -0.39 is 0 Å². The van der Waals surface area contributed by atoms with Gasteiger partial charge in [0.15, 0.2) is 0 Å². The Balaban J connectivity index is 1.45. The Bertz CT molecular complexity index is 671. The summed E-state index contributed by atoms with van der Waals surface area (Å²) in [6.45, 7) is 4.90. The van der Waals surface area contributed by atoms with E-state index in [9.17, 15) is 4.79 Å². The number of likely N-dealkylation sites (tertiary alicyclic amines) is 1. The Hall–Kier alpha value is -2.34.